The number of aromatic hydroxyl groups is 4. The Morgan fingerprint density at radius 2 is 1.11 bits per heavy atom. The minimum Gasteiger partial charge on any atom is -0.508 e. The zero-order chi connectivity index (χ0) is 57.4. The number of rotatable bonds is 13. The molecule has 5 aliphatic rings. The van der Waals surface area contributed by atoms with Gasteiger partial charge in [-0.1, -0.05) is 68.9 Å². The lowest BCUT2D eigenvalue weighted by Gasteiger charge is -2.31. The monoisotopic (exact) mass is 1100 g/mol. The molecule has 5 aromatic carbocycles. The number of phenols is 4. The van der Waals surface area contributed by atoms with E-state index in [1.807, 2.05) is 0 Å². The van der Waals surface area contributed by atoms with Crippen molar-refractivity contribution in [2.75, 3.05) is 13.1 Å². The number of aliphatic hydroxyl groups excluding tert-OH is 2. The van der Waals surface area contributed by atoms with Crippen LogP contribution in [0.4, 0.5) is 0 Å². The van der Waals surface area contributed by atoms with Crippen molar-refractivity contribution in [3.63, 3.8) is 0 Å². The van der Waals surface area contributed by atoms with Gasteiger partial charge in [-0.2, -0.15) is 0 Å². The van der Waals surface area contributed by atoms with E-state index in [1.165, 1.54) is 60.7 Å². The molecular weight excluding hydrogens is 1040 g/mol. The second-order valence-corrected chi connectivity index (χ2v) is 19.8. The highest BCUT2D eigenvalue weighted by molar-refractivity contribution is 6.00. The molecule has 0 fully saturated rings. The molecule has 24 heteroatoms. The number of hydrogen-bond donors (Lipinski definition) is 15. The molecule has 5 aromatic rings. The molecule has 8 atom stereocenters. The van der Waals surface area contributed by atoms with Crippen molar-refractivity contribution in [3.05, 3.63) is 119 Å². The van der Waals surface area contributed by atoms with Crippen LogP contribution in [0.3, 0.4) is 0 Å². The molecule has 0 aliphatic carbocycles. The highest BCUT2D eigenvalue weighted by atomic mass is 16.5. The Morgan fingerprint density at radius 1 is 0.562 bits per heavy atom. The molecule has 11 bridgehead atoms. The van der Waals surface area contributed by atoms with Gasteiger partial charge in [0.15, 0.2) is 11.5 Å². The smallest absolute Gasteiger partial charge is 0.248 e. The van der Waals surface area contributed by atoms with E-state index in [0.717, 1.165) is 75.3 Å². The fourth-order valence-electron chi connectivity index (χ4n) is 9.71. The Bertz CT molecular complexity index is 3160. The Labute approximate surface area is 458 Å². The molecule has 24 nitrogen and oxygen atoms in total. The van der Waals surface area contributed by atoms with E-state index in [2.05, 4.69) is 31.9 Å². The number of phenolic OH excluding ortho intramolecular Hbond substituents is 4. The number of unbranched alkanes of at least 4 members (excludes halogenated alkanes) is 7. The molecule has 0 unspecified atom stereocenters. The number of aliphatic hydroxyl groups is 2. The summed E-state index contributed by atoms with van der Waals surface area (Å²) in [5.41, 5.74) is 16.2. The van der Waals surface area contributed by atoms with Crippen LogP contribution in [0.25, 0.3) is 11.1 Å². The Hall–Kier alpha value is -8.97. The number of hydrogen-bond acceptors (Lipinski definition) is 17. The maximum absolute atomic E-state index is 15.3. The molecule has 0 spiro atoms. The fourth-order valence-corrected chi connectivity index (χ4v) is 9.71. The van der Waals surface area contributed by atoms with Gasteiger partial charge in [0.05, 0.1) is 6.42 Å². The summed E-state index contributed by atoms with van der Waals surface area (Å²) in [4.78, 5) is 100. The third-order valence-corrected chi connectivity index (χ3v) is 14.0. The lowest BCUT2D eigenvalue weighted by molar-refractivity contribution is -0.137. The van der Waals surface area contributed by atoms with Crippen molar-refractivity contribution < 1.29 is 73.7 Å². The minimum absolute atomic E-state index is 0.00521. The van der Waals surface area contributed by atoms with Gasteiger partial charge in [0, 0.05) is 23.7 Å². The van der Waals surface area contributed by atoms with Crippen LogP contribution < -0.4 is 58.6 Å². The molecule has 0 radical (unpaired) electrons. The number of primary amides is 1. The third-order valence-electron chi connectivity index (χ3n) is 14.0. The van der Waals surface area contributed by atoms with E-state index >= 15 is 9.59 Å². The van der Waals surface area contributed by atoms with Crippen molar-refractivity contribution >= 4 is 41.4 Å². The fraction of sp³-hybridized carbons (Fsp3) is 0.339. The van der Waals surface area contributed by atoms with Crippen LogP contribution in [0.5, 0.6) is 46.0 Å². The van der Waals surface area contributed by atoms with Gasteiger partial charge < -0.3 is 89.2 Å². The van der Waals surface area contributed by atoms with Gasteiger partial charge in [-0.3, -0.25) is 33.6 Å². The summed E-state index contributed by atoms with van der Waals surface area (Å²) in [6, 6.07) is 7.28. The third kappa shape index (κ3) is 13.1. The van der Waals surface area contributed by atoms with E-state index in [4.69, 9.17) is 26.7 Å². The maximum atomic E-state index is 15.3. The predicted octanol–water partition coefficient (Wildman–Crippen LogP) is 2.41. The molecule has 5 heterocycles. The summed E-state index contributed by atoms with van der Waals surface area (Å²) in [6.07, 6.45) is 2.78. The first-order valence-corrected chi connectivity index (χ1v) is 26.0. The van der Waals surface area contributed by atoms with E-state index < -0.39 is 119 Å². The van der Waals surface area contributed by atoms with Gasteiger partial charge in [-0.15, -0.1) is 0 Å². The van der Waals surface area contributed by atoms with Crippen LogP contribution in [0.15, 0.2) is 91.0 Å². The van der Waals surface area contributed by atoms with Gasteiger partial charge in [0.1, 0.15) is 77.2 Å². The van der Waals surface area contributed by atoms with Crippen LogP contribution in [0.1, 0.15) is 116 Å². The number of benzene rings is 5. The number of nitrogens with two attached hydrogens (primary N) is 3. The summed E-state index contributed by atoms with van der Waals surface area (Å²) in [5.74, 6) is -11.0. The van der Waals surface area contributed by atoms with Crippen molar-refractivity contribution in [2.45, 2.75) is 106 Å². The van der Waals surface area contributed by atoms with E-state index in [-0.39, 0.29) is 68.5 Å². The van der Waals surface area contributed by atoms with Crippen molar-refractivity contribution in [1.82, 2.24) is 31.9 Å². The van der Waals surface area contributed by atoms with Gasteiger partial charge in [-0.05, 0) is 102 Å². The Balaban J connectivity index is 1.27. The van der Waals surface area contributed by atoms with Crippen LogP contribution >= 0.6 is 0 Å². The molecule has 18 N–H and O–H groups in total. The normalized spacial score (nSPS) is 22.0. The van der Waals surface area contributed by atoms with E-state index in [1.54, 1.807) is 0 Å². The predicted molar refractivity (Wildman–Crippen MR) is 285 cm³/mol. The summed E-state index contributed by atoms with van der Waals surface area (Å²) in [5, 5.41) is 84.4. The highest BCUT2D eigenvalue weighted by Gasteiger charge is 2.40. The lowest BCUT2D eigenvalue weighted by atomic mass is 9.89. The van der Waals surface area contributed by atoms with E-state index in [9.17, 15) is 54.6 Å². The average molecular weight is 1100 g/mol. The number of nitrogens with one attached hydrogen (secondary N) is 6. The second-order valence-electron chi connectivity index (χ2n) is 19.8. The topological polar surface area (TPSA) is 410 Å². The number of ether oxygens (including phenoxy) is 2. The maximum Gasteiger partial charge on any atom is 0.248 e. The molecule has 0 saturated heterocycles. The van der Waals surface area contributed by atoms with Crippen LogP contribution in [0, 0.1) is 0 Å². The number of carbonyl (C=O) groups is 7. The van der Waals surface area contributed by atoms with Gasteiger partial charge in [0.2, 0.25) is 47.1 Å². The Morgan fingerprint density at radius 3 is 1.73 bits per heavy atom. The first-order chi connectivity index (χ1) is 38.3. The number of fused-ring (bicyclic) bond motifs is 15. The highest BCUT2D eigenvalue weighted by Crippen LogP contribution is 2.46. The molecule has 80 heavy (non-hydrogen) atoms. The largest absolute Gasteiger partial charge is 0.508 e. The summed E-state index contributed by atoms with van der Waals surface area (Å²) in [7, 11) is 0. The summed E-state index contributed by atoms with van der Waals surface area (Å²) in [6.45, 7) is 0.780. The summed E-state index contributed by atoms with van der Waals surface area (Å²) < 4.78 is 12.2. The average Bonchev–Trinajstić information content (AvgIpc) is 3.53. The van der Waals surface area contributed by atoms with Crippen molar-refractivity contribution in [3.8, 4) is 57.1 Å². The molecule has 422 valence electrons. The zero-order valence-electron chi connectivity index (χ0n) is 43.1. The van der Waals surface area contributed by atoms with Crippen LogP contribution in [-0.2, 0) is 33.6 Å². The summed E-state index contributed by atoms with van der Waals surface area (Å²) >= 11 is 0. The van der Waals surface area contributed by atoms with Crippen LogP contribution in [0.2, 0.25) is 0 Å². The van der Waals surface area contributed by atoms with Crippen LogP contribution in [-0.4, -0.2) is 103 Å². The molecule has 10 rings (SSSR count). The van der Waals surface area contributed by atoms with E-state index in [0.29, 0.717) is 13.0 Å². The van der Waals surface area contributed by atoms with Gasteiger partial charge in [0.25, 0.3) is 0 Å². The minimum atomic E-state index is -2.01. The van der Waals surface area contributed by atoms with Gasteiger partial charge in [-0.25, -0.2) is 0 Å². The Kier molecular flexibility index (Phi) is 18.0. The lowest BCUT2D eigenvalue weighted by Crippen LogP contribution is -2.56. The quantitative estimate of drug-likeness (QED) is 0.0753. The molecular formula is C56H63N9O15. The zero-order valence-corrected chi connectivity index (χ0v) is 43.1. The van der Waals surface area contributed by atoms with Gasteiger partial charge >= 0.3 is 0 Å². The van der Waals surface area contributed by atoms with Crippen molar-refractivity contribution in [1.29, 1.82) is 0 Å². The van der Waals surface area contributed by atoms with Crippen molar-refractivity contribution in [2.24, 2.45) is 17.2 Å². The molecule has 5 aliphatic heterocycles. The molecule has 7 amide bonds. The number of carbonyl (C=O) groups excluding carboxylic acids is 7. The first kappa shape index (κ1) is 57.2. The molecule has 0 saturated carbocycles. The SMILES string of the molecule is NCCCCCCCCCCNC(=O)[C@H]1NC(=O)[C@H]2NC(=O)[C@H](NC(=O)[C@@H]3NC(=O)[C@H](CC(N)=O)NC(=O)[C@H](N)[C@H](O)c4ccc(cc4)Oc4cc3cc(c4O)Oc3ccc(cc3)[C@H]2O)c2ccc(O)c(c2)-c2c(O)cc(O)cc21. The molecule has 0 aromatic heterocycles. The standard InChI is InChI=1S/C56H63N9O15/c57-19-7-5-3-1-2-4-6-8-20-60-53(75)46-35-24-31(66)25-38(68)42(35)34-21-29(13-18-37(34)67)44-54(76)65-47(56(78)64-46)49(71)28-11-16-33(17-12-28)80-40-23-30-22-39(50(40)72)79-32-14-9-27(10-15-32)48(70)43(59)52(74)61-36(26-41(58)69)51(73)62-45(30)55(77)63-44/h9-18,21-25,36,43-49,66-68,70-72H,1-8,19-20,26,57,59H2,(H2,58,69)(H,60,75)(H,61,74)(H,62,73)(H,63,77)(H,64,78)(H,65,76)/t36-,43+,44+,45+,46-,47-,48+,49+/m0/s1. The number of amides is 7. The second kappa shape index (κ2) is 25.2. The first-order valence-electron chi connectivity index (χ1n) is 26.0.